The first-order valence-corrected chi connectivity index (χ1v) is 7.11. The van der Waals surface area contributed by atoms with E-state index in [1.807, 2.05) is 0 Å². The zero-order valence-electron chi connectivity index (χ0n) is 12.4. The van der Waals surface area contributed by atoms with E-state index in [2.05, 4.69) is 31.4 Å². The highest BCUT2D eigenvalue weighted by Gasteiger charge is 2.18. The number of amides is 2. The molecule has 0 heterocycles. The minimum atomic E-state index is -0.834. The van der Waals surface area contributed by atoms with Crippen LogP contribution in [0.15, 0.2) is 0 Å². The van der Waals surface area contributed by atoms with Crippen LogP contribution in [0.25, 0.3) is 0 Å². The minimum absolute atomic E-state index is 0.0861. The van der Waals surface area contributed by atoms with E-state index in [4.69, 9.17) is 5.11 Å². The van der Waals surface area contributed by atoms with Crippen molar-refractivity contribution in [1.82, 2.24) is 10.6 Å². The van der Waals surface area contributed by atoms with Crippen molar-refractivity contribution in [2.24, 2.45) is 5.41 Å². The maximum atomic E-state index is 11.5. The Morgan fingerprint density at radius 1 is 1.11 bits per heavy atom. The van der Waals surface area contributed by atoms with Gasteiger partial charge in [0, 0.05) is 19.5 Å². The van der Waals surface area contributed by atoms with Crippen molar-refractivity contribution in [1.29, 1.82) is 0 Å². The van der Waals surface area contributed by atoms with Crippen LogP contribution in [0.2, 0.25) is 0 Å². The summed E-state index contributed by atoms with van der Waals surface area (Å²) < 4.78 is 0. The third-order valence-electron chi connectivity index (χ3n) is 3.04. The van der Waals surface area contributed by atoms with Crippen molar-refractivity contribution >= 4 is 12.0 Å². The molecule has 19 heavy (non-hydrogen) atoms. The number of hydrogen-bond donors (Lipinski definition) is 3. The Labute approximate surface area is 116 Å². The van der Waals surface area contributed by atoms with Crippen LogP contribution in [0.4, 0.5) is 4.79 Å². The lowest BCUT2D eigenvalue weighted by atomic mass is 9.87. The molecule has 0 aliphatic rings. The van der Waals surface area contributed by atoms with Gasteiger partial charge in [0.15, 0.2) is 0 Å². The number of unbranched alkanes of at least 4 members (excludes halogenated alkanes) is 2. The molecule has 0 atom stereocenters. The first-order valence-electron chi connectivity index (χ1n) is 7.11. The molecule has 0 aromatic carbocycles. The van der Waals surface area contributed by atoms with E-state index in [9.17, 15) is 9.59 Å². The van der Waals surface area contributed by atoms with Gasteiger partial charge < -0.3 is 15.7 Å². The number of rotatable bonds is 10. The summed E-state index contributed by atoms with van der Waals surface area (Å²) >= 11 is 0. The lowest BCUT2D eigenvalue weighted by Gasteiger charge is -2.25. The van der Waals surface area contributed by atoms with Gasteiger partial charge in [-0.1, -0.05) is 40.0 Å². The number of carbonyl (C=O) groups excluding carboxylic acids is 1. The van der Waals surface area contributed by atoms with Gasteiger partial charge in [0.1, 0.15) is 0 Å². The second-order valence-electron chi connectivity index (χ2n) is 5.73. The summed E-state index contributed by atoms with van der Waals surface area (Å²) in [5.41, 5.74) is 0.105. The molecule has 0 aromatic rings. The van der Waals surface area contributed by atoms with Crippen LogP contribution in [0.5, 0.6) is 0 Å². The normalized spacial score (nSPS) is 11.1. The second-order valence-corrected chi connectivity index (χ2v) is 5.73. The Kier molecular flexibility index (Phi) is 9.00. The molecule has 0 unspecified atom stereocenters. The lowest BCUT2D eigenvalue weighted by molar-refractivity contribution is -0.137. The van der Waals surface area contributed by atoms with Gasteiger partial charge in [0.05, 0.1) is 0 Å². The molecule has 2 amide bonds. The maximum absolute atomic E-state index is 11.5. The van der Waals surface area contributed by atoms with Crippen molar-refractivity contribution < 1.29 is 14.7 Å². The van der Waals surface area contributed by atoms with Crippen LogP contribution < -0.4 is 10.6 Å². The van der Waals surface area contributed by atoms with Crippen LogP contribution in [-0.4, -0.2) is 30.2 Å². The largest absolute Gasteiger partial charge is 0.481 e. The number of nitrogens with one attached hydrogen (secondary N) is 2. The molecule has 0 radical (unpaired) electrons. The van der Waals surface area contributed by atoms with Crippen molar-refractivity contribution in [3.05, 3.63) is 0 Å². The monoisotopic (exact) mass is 272 g/mol. The van der Waals surface area contributed by atoms with Gasteiger partial charge in [-0.2, -0.15) is 0 Å². The number of aliphatic carboxylic acids is 1. The van der Waals surface area contributed by atoms with Gasteiger partial charge in [-0.15, -0.1) is 0 Å². The summed E-state index contributed by atoms with van der Waals surface area (Å²) in [6.45, 7) is 7.51. The third-order valence-corrected chi connectivity index (χ3v) is 3.04. The summed E-state index contributed by atoms with van der Waals surface area (Å²) in [6.07, 6.45) is 5.26. The SMILES string of the molecule is CCCCCC(C)(C)CNC(=O)NCCCC(=O)O. The van der Waals surface area contributed by atoms with E-state index in [-0.39, 0.29) is 17.9 Å². The first-order chi connectivity index (χ1) is 8.87. The zero-order valence-corrected chi connectivity index (χ0v) is 12.4. The average Bonchev–Trinajstić information content (AvgIpc) is 2.32. The molecule has 0 spiro atoms. The summed E-state index contributed by atoms with van der Waals surface area (Å²) in [7, 11) is 0. The summed E-state index contributed by atoms with van der Waals surface area (Å²) in [5.74, 6) is -0.834. The Morgan fingerprint density at radius 2 is 1.79 bits per heavy atom. The van der Waals surface area contributed by atoms with Crippen LogP contribution in [0.3, 0.4) is 0 Å². The molecule has 112 valence electrons. The van der Waals surface area contributed by atoms with E-state index in [0.717, 1.165) is 6.42 Å². The summed E-state index contributed by atoms with van der Waals surface area (Å²) in [5, 5.41) is 14.0. The number of urea groups is 1. The topological polar surface area (TPSA) is 78.4 Å². The molecule has 0 saturated carbocycles. The van der Waals surface area contributed by atoms with Crippen molar-refractivity contribution in [2.75, 3.05) is 13.1 Å². The molecule has 0 saturated heterocycles. The fourth-order valence-electron chi connectivity index (χ4n) is 1.77. The van der Waals surface area contributed by atoms with Crippen molar-refractivity contribution in [3.8, 4) is 0 Å². The maximum Gasteiger partial charge on any atom is 0.314 e. The van der Waals surface area contributed by atoms with Crippen LogP contribution >= 0.6 is 0 Å². The highest BCUT2D eigenvalue weighted by atomic mass is 16.4. The Hall–Kier alpha value is -1.26. The molecular weight excluding hydrogens is 244 g/mol. The number of hydrogen-bond acceptors (Lipinski definition) is 2. The standard InChI is InChI=1S/C14H28N2O3/c1-4-5-6-9-14(2,3)11-16-13(19)15-10-7-8-12(17)18/h4-11H2,1-3H3,(H,17,18)(H2,15,16,19). The molecule has 0 aromatic heterocycles. The molecule has 5 heteroatoms. The predicted octanol–water partition coefficient (Wildman–Crippen LogP) is 2.76. The van der Waals surface area contributed by atoms with Crippen LogP contribution in [0.1, 0.15) is 59.3 Å². The molecular formula is C14H28N2O3. The highest BCUT2D eigenvalue weighted by molar-refractivity contribution is 5.73. The molecule has 5 nitrogen and oxygen atoms in total. The average molecular weight is 272 g/mol. The van der Waals surface area contributed by atoms with Gasteiger partial charge in [-0.05, 0) is 18.3 Å². The van der Waals surface area contributed by atoms with Crippen molar-refractivity contribution in [3.63, 3.8) is 0 Å². The van der Waals surface area contributed by atoms with E-state index in [1.54, 1.807) is 0 Å². The quantitative estimate of drug-likeness (QED) is 0.535. The summed E-state index contributed by atoms with van der Waals surface area (Å²) in [6, 6.07) is -0.214. The number of carboxylic acid groups (broad SMARTS) is 1. The van der Waals surface area contributed by atoms with Crippen molar-refractivity contribution in [2.45, 2.75) is 59.3 Å². The van der Waals surface area contributed by atoms with E-state index < -0.39 is 5.97 Å². The molecule has 0 bridgehead atoms. The predicted molar refractivity (Wildman–Crippen MR) is 76.2 cm³/mol. The van der Waals surface area contributed by atoms with E-state index in [1.165, 1.54) is 19.3 Å². The summed E-state index contributed by atoms with van der Waals surface area (Å²) in [4.78, 5) is 21.8. The second kappa shape index (κ2) is 9.64. The first kappa shape index (κ1) is 17.7. The smallest absolute Gasteiger partial charge is 0.314 e. The van der Waals surface area contributed by atoms with Gasteiger partial charge in [-0.25, -0.2) is 4.79 Å². The van der Waals surface area contributed by atoms with Gasteiger partial charge in [0.25, 0.3) is 0 Å². The van der Waals surface area contributed by atoms with E-state index >= 15 is 0 Å². The minimum Gasteiger partial charge on any atom is -0.481 e. The van der Waals surface area contributed by atoms with Crippen LogP contribution in [-0.2, 0) is 4.79 Å². The zero-order chi connectivity index (χ0) is 14.7. The van der Waals surface area contributed by atoms with Crippen LogP contribution in [0, 0.1) is 5.41 Å². The fraction of sp³-hybridized carbons (Fsp3) is 0.857. The highest BCUT2D eigenvalue weighted by Crippen LogP contribution is 2.22. The lowest BCUT2D eigenvalue weighted by Crippen LogP contribution is -2.41. The van der Waals surface area contributed by atoms with Gasteiger partial charge in [0.2, 0.25) is 0 Å². The van der Waals surface area contributed by atoms with Gasteiger partial charge >= 0.3 is 12.0 Å². The molecule has 0 aliphatic carbocycles. The molecule has 3 N–H and O–H groups in total. The molecule has 0 aliphatic heterocycles. The fourth-order valence-corrected chi connectivity index (χ4v) is 1.77. The number of carboxylic acids is 1. The third kappa shape index (κ3) is 11.6. The Morgan fingerprint density at radius 3 is 2.37 bits per heavy atom. The molecule has 0 fully saturated rings. The Balaban J connectivity index is 3.67. The van der Waals surface area contributed by atoms with E-state index in [0.29, 0.717) is 19.5 Å². The van der Waals surface area contributed by atoms with Gasteiger partial charge in [-0.3, -0.25) is 4.79 Å². The Bertz CT molecular complexity index is 278. The number of carbonyl (C=O) groups is 2. The molecule has 0 rings (SSSR count).